The van der Waals surface area contributed by atoms with E-state index < -0.39 is 34.2 Å². The lowest BCUT2D eigenvalue weighted by molar-refractivity contribution is -0.137. The van der Waals surface area contributed by atoms with Crippen molar-refractivity contribution in [1.82, 2.24) is 4.98 Å². The number of aliphatic imine (C=N–C) groups is 2. The van der Waals surface area contributed by atoms with Crippen molar-refractivity contribution in [3.8, 4) is 0 Å². The number of benzodiazepines with no additional fused rings is 1. The molecule has 0 saturated heterocycles. The van der Waals surface area contributed by atoms with Gasteiger partial charge in [0.25, 0.3) is 0 Å². The summed E-state index contributed by atoms with van der Waals surface area (Å²) < 4.78 is 55.3. The van der Waals surface area contributed by atoms with Gasteiger partial charge in [0.15, 0.2) is 0 Å². The molecular formula is C20H17ClF4N4O. The van der Waals surface area contributed by atoms with Gasteiger partial charge < -0.3 is 9.88 Å². The lowest BCUT2D eigenvalue weighted by atomic mass is 9.99. The molecule has 5 nitrogen and oxygen atoms in total. The van der Waals surface area contributed by atoms with Crippen LogP contribution in [0.4, 0.5) is 23.2 Å². The summed E-state index contributed by atoms with van der Waals surface area (Å²) in [5.41, 5.74) is -1.93. The first-order chi connectivity index (χ1) is 14.0. The van der Waals surface area contributed by atoms with Crippen LogP contribution in [0.3, 0.4) is 0 Å². The van der Waals surface area contributed by atoms with Gasteiger partial charge >= 0.3 is 6.18 Å². The van der Waals surface area contributed by atoms with Crippen LogP contribution in [0.25, 0.3) is 0 Å². The van der Waals surface area contributed by atoms with Crippen molar-refractivity contribution in [2.24, 2.45) is 9.98 Å². The first-order valence-corrected chi connectivity index (χ1v) is 9.14. The molecule has 1 aromatic heterocycles. The fourth-order valence-electron chi connectivity index (χ4n) is 3.17. The highest BCUT2D eigenvalue weighted by Gasteiger charge is 2.38. The average molecular weight is 441 g/mol. The summed E-state index contributed by atoms with van der Waals surface area (Å²) >= 11 is 6.22. The number of aromatic amines is 1. The first kappa shape index (κ1) is 21.8. The normalized spacial score (nSPS) is 17.5. The number of hydrogen-bond donors (Lipinski definition) is 1. The first-order valence-electron chi connectivity index (χ1n) is 8.76. The van der Waals surface area contributed by atoms with Crippen molar-refractivity contribution >= 4 is 28.8 Å². The molecule has 10 heteroatoms. The highest BCUT2D eigenvalue weighted by Crippen LogP contribution is 2.43. The Balaban J connectivity index is 2.48. The van der Waals surface area contributed by atoms with Crippen molar-refractivity contribution in [2.75, 3.05) is 11.9 Å². The molecule has 0 fully saturated rings. The van der Waals surface area contributed by atoms with E-state index in [0.29, 0.717) is 11.5 Å². The number of H-pyrrole nitrogens is 1. The van der Waals surface area contributed by atoms with E-state index in [2.05, 4.69) is 21.5 Å². The van der Waals surface area contributed by atoms with E-state index in [1.54, 1.807) is 13.8 Å². The molecule has 0 bridgehead atoms. The van der Waals surface area contributed by atoms with Crippen molar-refractivity contribution in [3.63, 3.8) is 0 Å². The highest BCUT2D eigenvalue weighted by atomic mass is 35.5. The van der Waals surface area contributed by atoms with Crippen LogP contribution in [0.15, 0.2) is 51.3 Å². The molecule has 1 N–H and O–H groups in total. The summed E-state index contributed by atoms with van der Waals surface area (Å²) in [6, 6.07) is 3.24. The average Bonchev–Trinajstić information content (AvgIpc) is 2.77. The number of amidine groups is 1. The van der Waals surface area contributed by atoms with Gasteiger partial charge in [-0.3, -0.25) is 14.8 Å². The van der Waals surface area contributed by atoms with Crippen LogP contribution in [0.1, 0.15) is 30.7 Å². The van der Waals surface area contributed by atoms with Crippen LogP contribution in [-0.4, -0.2) is 29.6 Å². The quantitative estimate of drug-likeness (QED) is 0.393. The maximum atomic E-state index is 14.6. The van der Waals surface area contributed by atoms with Gasteiger partial charge in [0.1, 0.15) is 17.3 Å². The van der Waals surface area contributed by atoms with E-state index in [1.165, 1.54) is 18.0 Å². The SMILES string of the molecule is C=C1[C@H](C)N=C(c2[nH]c(=O)ccc2F)c2c(ccc(C(F)(F)F)c2Cl)N1C(C)=NC. The largest absolute Gasteiger partial charge is 0.417 e. The van der Waals surface area contributed by atoms with Crippen molar-refractivity contribution in [3.05, 3.63) is 74.6 Å². The van der Waals surface area contributed by atoms with Crippen LogP contribution >= 0.6 is 11.6 Å². The topological polar surface area (TPSA) is 60.8 Å². The molecular weight excluding hydrogens is 424 g/mol. The van der Waals surface area contributed by atoms with Crippen LogP contribution in [0.2, 0.25) is 5.02 Å². The molecule has 0 radical (unpaired) electrons. The molecule has 30 heavy (non-hydrogen) atoms. The van der Waals surface area contributed by atoms with Gasteiger partial charge in [-0.2, -0.15) is 13.2 Å². The number of rotatable bonds is 1. The van der Waals surface area contributed by atoms with E-state index >= 15 is 0 Å². The molecule has 0 spiro atoms. The number of nitrogens with zero attached hydrogens (tertiary/aromatic N) is 3. The van der Waals surface area contributed by atoms with Gasteiger partial charge in [-0.25, -0.2) is 4.39 Å². The lowest BCUT2D eigenvalue weighted by Gasteiger charge is -2.28. The maximum Gasteiger partial charge on any atom is 0.417 e. The third kappa shape index (κ3) is 3.65. The van der Waals surface area contributed by atoms with Crippen LogP contribution in [0.5, 0.6) is 0 Å². The van der Waals surface area contributed by atoms with Gasteiger partial charge in [-0.05, 0) is 32.0 Å². The van der Waals surface area contributed by atoms with Crippen molar-refractivity contribution < 1.29 is 17.6 Å². The number of benzene rings is 1. The zero-order valence-electron chi connectivity index (χ0n) is 16.2. The molecule has 0 aliphatic carbocycles. The summed E-state index contributed by atoms with van der Waals surface area (Å²) in [5, 5.41) is -0.668. The monoisotopic (exact) mass is 440 g/mol. The lowest BCUT2D eigenvalue weighted by Crippen LogP contribution is -2.31. The van der Waals surface area contributed by atoms with Gasteiger partial charge in [-0.15, -0.1) is 0 Å². The van der Waals surface area contributed by atoms with E-state index in [1.807, 2.05) is 0 Å². The Kier molecular flexibility index (Phi) is 5.60. The zero-order valence-corrected chi connectivity index (χ0v) is 17.0. The smallest absolute Gasteiger partial charge is 0.318 e. The minimum atomic E-state index is -4.76. The standard InChI is InChI=1S/C20H17ClF4N4O/c1-9-10(2)29(11(3)26-4)14-7-5-12(20(23,24)25)17(21)16(14)19(27-9)18-13(22)6-8-15(30)28-18/h5-9H,2H2,1,3-4H3,(H,28,30)/t9-/m0/s1. The Morgan fingerprint density at radius 1 is 1.30 bits per heavy atom. The minimum Gasteiger partial charge on any atom is -0.318 e. The van der Waals surface area contributed by atoms with E-state index in [4.69, 9.17) is 11.6 Å². The number of fused-ring (bicyclic) bond motifs is 1. The Morgan fingerprint density at radius 2 is 1.97 bits per heavy atom. The number of aromatic nitrogens is 1. The predicted molar refractivity (Wildman–Crippen MR) is 109 cm³/mol. The zero-order chi connectivity index (χ0) is 22.4. The number of anilines is 1. The van der Waals surface area contributed by atoms with Gasteiger partial charge in [0.05, 0.1) is 28.0 Å². The molecule has 1 atom stereocenters. The second-order valence-electron chi connectivity index (χ2n) is 6.62. The molecule has 3 rings (SSSR count). The third-order valence-electron chi connectivity index (χ3n) is 4.75. The Hall–Kier alpha value is -2.94. The third-order valence-corrected chi connectivity index (χ3v) is 5.14. The van der Waals surface area contributed by atoms with Crippen molar-refractivity contribution in [1.29, 1.82) is 0 Å². The number of halogens is 5. The summed E-state index contributed by atoms with van der Waals surface area (Å²) in [5.74, 6) is -0.442. The molecule has 0 saturated carbocycles. The molecule has 0 unspecified atom stereocenters. The molecule has 2 heterocycles. The molecule has 2 aromatic rings. The van der Waals surface area contributed by atoms with E-state index in [-0.39, 0.29) is 22.7 Å². The van der Waals surface area contributed by atoms with Gasteiger partial charge in [-0.1, -0.05) is 18.2 Å². The van der Waals surface area contributed by atoms with Crippen LogP contribution in [-0.2, 0) is 6.18 Å². The summed E-state index contributed by atoms with van der Waals surface area (Å²) in [6.07, 6.45) is -4.76. The Labute approximate surface area is 174 Å². The van der Waals surface area contributed by atoms with Crippen LogP contribution in [0, 0.1) is 5.82 Å². The number of alkyl halides is 3. The molecule has 1 aromatic carbocycles. The van der Waals surface area contributed by atoms with Crippen molar-refractivity contribution in [2.45, 2.75) is 26.1 Å². The molecule has 1 aliphatic rings. The van der Waals surface area contributed by atoms with Gasteiger partial charge in [0, 0.05) is 24.4 Å². The predicted octanol–water partition coefficient (Wildman–Crippen LogP) is 4.79. The minimum absolute atomic E-state index is 0.180. The summed E-state index contributed by atoms with van der Waals surface area (Å²) in [6.45, 7) is 7.26. The number of hydrogen-bond acceptors (Lipinski definition) is 3. The molecule has 1 aliphatic heterocycles. The fraction of sp³-hybridized carbons (Fsp3) is 0.250. The fourth-order valence-corrected chi connectivity index (χ4v) is 3.53. The Bertz CT molecular complexity index is 1150. The second-order valence-corrected chi connectivity index (χ2v) is 6.99. The summed E-state index contributed by atoms with van der Waals surface area (Å²) in [4.78, 5) is 24.1. The summed E-state index contributed by atoms with van der Waals surface area (Å²) in [7, 11) is 1.51. The number of nitrogens with one attached hydrogen (secondary N) is 1. The Morgan fingerprint density at radius 3 is 2.57 bits per heavy atom. The number of pyridine rings is 1. The van der Waals surface area contributed by atoms with E-state index in [0.717, 1.165) is 18.2 Å². The van der Waals surface area contributed by atoms with Crippen LogP contribution < -0.4 is 10.5 Å². The highest BCUT2D eigenvalue weighted by molar-refractivity contribution is 6.37. The molecule has 158 valence electrons. The molecule has 0 amide bonds. The maximum absolute atomic E-state index is 14.6. The second kappa shape index (κ2) is 7.71. The van der Waals surface area contributed by atoms with Gasteiger partial charge in [0.2, 0.25) is 5.56 Å². The van der Waals surface area contributed by atoms with E-state index in [9.17, 15) is 22.4 Å².